The number of rotatable bonds is 5. The highest BCUT2D eigenvalue weighted by atomic mass is 16.5. The number of ether oxygens (including phenoxy) is 1. The summed E-state index contributed by atoms with van der Waals surface area (Å²) in [6.45, 7) is 3.50. The van der Waals surface area contributed by atoms with E-state index >= 15 is 0 Å². The molecular formula is C8H14N4O2. The lowest BCUT2D eigenvalue weighted by atomic mass is 10.4. The van der Waals surface area contributed by atoms with E-state index in [0.29, 0.717) is 13.2 Å². The van der Waals surface area contributed by atoms with Crippen LogP contribution in [0, 0.1) is 0 Å². The summed E-state index contributed by atoms with van der Waals surface area (Å²) in [4.78, 5) is 10.8. The fraction of sp³-hybridized carbons (Fsp3) is 0.625. The number of nitrogens with zero attached hydrogens (tertiary/aromatic N) is 3. The molecule has 0 saturated carbocycles. The quantitative estimate of drug-likeness (QED) is 0.696. The van der Waals surface area contributed by atoms with Crippen LogP contribution in [0.2, 0.25) is 0 Å². The standard InChI is InChI=1S/C8H14N4O2/c1-2-14-8(13)9-4-3-6-12-7-5-10-11-12/h5,7H,2-4,6H2,1H3,(H,9,13). The van der Waals surface area contributed by atoms with Crippen LogP contribution in [0.25, 0.3) is 0 Å². The zero-order valence-corrected chi connectivity index (χ0v) is 8.14. The number of aryl methyl sites for hydroxylation is 1. The van der Waals surface area contributed by atoms with E-state index in [1.807, 2.05) is 0 Å². The number of hydrogen-bond donors (Lipinski definition) is 1. The van der Waals surface area contributed by atoms with E-state index in [1.54, 1.807) is 24.0 Å². The minimum absolute atomic E-state index is 0.369. The molecule has 0 radical (unpaired) electrons. The van der Waals surface area contributed by atoms with E-state index in [1.165, 1.54) is 0 Å². The van der Waals surface area contributed by atoms with Crippen LogP contribution in [-0.4, -0.2) is 34.2 Å². The van der Waals surface area contributed by atoms with Crippen LogP contribution in [0.15, 0.2) is 12.4 Å². The van der Waals surface area contributed by atoms with Crippen molar-refractivity contribution >= 4 is 6.09 Å². The predicted octanol–water partition coefficient (Wildman–Crippen LogP) is 0.414. The third kappa shape index (κ3) is 3.88. The molecule has 1 heterocycles. The summed E-state index contributed by atoms with van der Waals surface area (Å²) in [5.41, 5.74) is 0. The highest BCUT2D eigenvalue weighted by Gasteiger charge is 1.98. The maximum Gasteiger partial charge on any atom is 0.407 e. The summed E-state index contributed by atoms with van der Waals surface area (Å²) in [5.74, 6) is 0. The lowest BCUT2D eigenvalue weighted by Gasteiger charge is -2.04. The first-order valence-corrected chi connectivity index (χ1v) is 4.57. The zero-order valence-electron chi connectivity index (χ0n) is 8.14. The summed E-state index contributed by atoms with van der Waals surface area (Å²) in [7, 11) is 0. The Morgan fingerprint density at radius 2 is 2.50 bits per heavy atom. The molecule has 1 aromatic rings. The third-order valence-corrected chi connectivity index (χ3v) is 1.58. The predicted molar refractivity (Wildman–Crippen MR) is 49.7 cm³/mol. The van der Waals surface area contributed by atoms with E-state index < -0.39 is 0 Å². The molecule has 1 aromatic heterocycles. The van der Waals surface area contributed by atoms with Crippen molar-refractivity contribution in [2.45, 2.75) is 19.9 Å². The maximum absolute atomic E-state index is 10.8. The lowest BCUT2D eigenvalue weighted by molar-refractivity contribution is 0.152. The van der Waals surface area contributed by atoms with Crippen LogP contribution in [0.5, 0.6) is 0 Å². The van der Waals surface area contributed by atoms with E-state index in [-0.39, 0.29) is 6.09 Å². The molecule has 0 aliphatic carbocycles. The van der Waals surface area contributed by atoms with Gasteiger partial charge in [-0.3, -0.25) is 4.68 Å². The average Bonchev–Trinajstić information content (AvgIpc) is 2.65. The number of hydrogen-bond acceptors (Lipinski definition) is 4. The molecule has 0 saturated heterocycles. The van der Waals surface area contributed by atoms with Crippen molar-refractivity contribution in [3.8, 4) is 0 Å². The van der Waals surface area contributed by atoms with Crippen molar-refractivity contribution in [1.29, 1.82) is 0 Å². The minimum Gasteiger partial charge on any atom is -0.450 e. The Balaban J connectivity index is 2.02. The van der Waals surface area contributed by atoms with Crippen molar-refractivity contribution in [1.82, 2.24) is 20.3 Å². The smallest absolute Gasteiger partial charge is 0.407 e. The first-order valence-electron chi connectivity index (χ1n) is 4.57. The van der Waals surface area contributed by atoms with Crippen LogP contribution >= 0.6 is 0 Å². The van der Waals surface area contributed by atoms with Crippen LogP contribution in [0.3, 0.4) is 0 Å². The van der Waals surface area contributed by atoms with Crippen molar-refractivity contribution in [2.24, 2.45) is 0 Å². The number of aromatic nitrogens is 3. The molecular weight excluding hydrogens is 184 g/mol. The molecule has 0 fully saturated rings. The maximum atomic E-state index is 10.8. The van der Waals surface area contributed by atoms with Gasteiger partial charge in [0.05, 0.1) is 12.8 Å². The Kier molecular flexibility index (Phi) is 4.46. The molecule has 0 unspecified atom stereocenters. The molecule has 6 heteroatoms. The molecule has 1 amide bonds. The molecule has 0 bridgehead atoms. The Morgan fingerprint density at radius 1 is 1.64 bits per heavy atom. The van der Waals surface area contributed by atoms with Gasteiger partial charge in [0.15, 0.2) is 0 Å². The normalized spacial score (nSPS) is 9.79. The highest BCUT2D eigenvalue weighted by molar-refractivity contribution is 5.66. The first-order chi connectivity index (χ1) is 6.83. The van der Waals surface area contributed by atoms with Crippen molar-refractivity contribution in [2.75, 3.05) is 13.2 Å². The number of nitrogens with one attached hydrogen (secondary N) is 1. The molecule has 1 rings (SSSR count). The molecule has 0 aromatic carbocycles. The molecule has 0 aliphatic rings. The van der Waals surface area contributed by atoms with Crippen LogP contribution < -0.4 is 5.32 Å². The van der Waals surface area contributed by atoms with Gasteiger partial charge in [-0.05, 0) is 13.3 Å². The second-order valence-electron chi connectivity index (χ2n) is 2.67. The van der Waals surface area contributed by atoms with E-state index in [0.717, 1.165) is 13.0 Å². The lowest BCUT2D eigenvalue weighted by Crippen LogP contribution is -2.26. The number of amides is 1. The van der Waals surface area contributed by atoms with Gasteiger partial charge in [-0.25, -0.2) is 4.79 Å². The summed E-state index contributed by atoms with van der Waals surface area (Å²) in [5, 5.41) is 10.1. The van der Waals surface area contributed by atoms with Gasteiger partial charge in [-0.2, -0.15) is 0 Å². The number of carbonyl (C=O) groups excluding carboxylic acids is 1. The molecule has 1 N–H and O–H groups in total. The summed E-state index contributed by atoms with van der Waals surface area (Å²) in [6.07, 6.45) is 3.84. The van der Waals surface area contributed by atoms with Gasteiger partial charge >= 0.3 is 6.09 Å². The van der Waals surface area contributed by atoms with Crippen LogP contribution in [0.1, 0.15) is 13.3 Å². The van der Waals surface area contributed by atoms with Crippen LogP contribution in [-0.2, 0) is 11.3 Å². The van der Waals surface area contributed by atoms with Crippen LogP contribution in [0.4, 0.5) is 4.79 Å². The Morgan fingerprint density at radius 3 is 3.14 bits per heavy atom. The summed E-state index contributed by atoms with van der Waals surface area (Å²) < 4.78 is 6.41. The Labute approximate surface area is 82.2 Å². The fourth-order valence-electron chi connectivity index (χ4n) is 0.966. The molecule has 0 aliphatic heterocycles. The second kappa shape index (κ2) is 5.95. The number of alkyl carbamates (subject to hydrolysis) is 1. The van der Waals surface area contributed by atoms with Crippen molar-refractivity contribution in [3.05, 3.63) is 12.4 Å². The van der Waals surface area contributed by atoms with E-state index in [9.17, 15) is 4.79 Å². The Hall–Kier alpha value is -1.59. The summed E-state index contributed by atoms with van der Waals surface area (Å²) >= 11 is 0. The van der Waals surface area contributed by atoms with Gasteiger partial charge in [0.2, 0.25) is 0 Å². The fourth-order valence-corrected chi connectivity index (χ4v) is 0.966. The van der Waals surface area contributed by atoms with Gasteiger partial charge in [0.25, 0.3) is 0 Å². The minimum atomic E-state index is -0.369. The van der Waals surface area contributed by atoms with Gasteiger partial charge in [-0.15, -0.1) is 5.10 Å². The third-order valence-electron chi connectivity index (χ3n) is 1.58. The van der Waals surface area contributed by atoms with Crippen molar-refractivity contribution in [3.63, 3.8) is 0 Å². The first kappa shape index (κ1) is 10.5. The topological polar surface area (TPSA) is 69.0 Å². The second-order valence-corrected chi connectivity index (χ2v) is 2.67. The Bertz CT molecular complexity index is 260. The molecule has 0 atom stereocenters. The van der Waals surface area contributed by atoms with Crippen molar-refractivity contribution < 1.29 is 9.53 Å². The SMILES string of the molecule is CCOC(=O)NCCCn1ccnn1. The molecule has 6 nitrogen and oxygen atoms in total. The van der Waals surface area contributed by atoms with Gasteiger partial charge in [0, 0.05) is 19.3 Å². The highest BCUT2D eigenvalue weighted by Crippen LogP contribution is 1.86. The van der Waals surface area contributed by atoms with Gasteiger partial charge < -0.3 is 10.1 Å². The van der Waals surface area contributed by atoms with E-state index in [2.05, 4.69) is 15.6 Å². The largest absolute Gasteiger partial charge is 0.450 e. The molecule has 0 spiro atoms. The van der Waals surface area contributed by atoms with Gasteiger partial charge in [0.1, 0.15) is 0 Å². The number of carbonyl (C=O) groups is 1. The molecule has 14 heavy (non-hydrogen) atoms. The summed E-state index contributed by atoms with van der Waals surface area (Å²) in [6, 6.07) is 0. The molecule has 78 valence electrons. The van der Waals surface area contributed by atoms with E-state index in [4.69, 9.17) is 4.74 Å². The monoisotopic (exact) mass is 198 g/mol. The zero-order chi connectivity index (χ0) is 10.2. The average molecular weight is 198 g/mol. The van der Waals surface area contributed by atoms with Gasteiger partial charge in [-0.1, -0.05) is 5.21 Å².